The van der Waals surface area contributed by atoms with Crippen molar-refractivity contribution >= 4 is 11.6 Å². The van der Waals surface area contributed by atoms with Crippen molar-refractivity contribution < 1.29 is 4.39 Å². The van der Waals surface area contributed by atoms with Crippen molar-refractivity contribution in [2.24, 2.45) is 11.7 Å². The topological polar surface area (TPSA) is 38.0 Å². The van der Waals surface area contributed by atoms with Crippen LogP contribution in [0.15, 0.2) is 12.1 Å². The van der Waals surface area contributed by atoms with Crippen molar-refractivity contribution in [3.8, 4) is 0 Å². The lowest BCUT2D eigenvalue weighted by Crippen LogP contribution is -2.36. The highest BCUT2D eigenvalue weighted by Gasteiger charge is 2.24. The van der Waals surface area contributed by atoms with Crippen LogP contribution >= 0.6 is 11.6 Å². The summed E-state index contributed by atoms with van der Waals surface area (Å²) >= 11 is 6.15. The Morgan fingerprint density at radius 3 is 2.94 bits per heavy atom. The molecule has 0 radical (unpaired) electrons. The number of benzene rings is 1. The molecular formula is C13H18ClFN2. The SMILES string of the molecule is Cc1cc(Cl)c(C(N)C2CCCNC2)cc1F. The van der Waals surface area contributed by atoms with E-state index in [1.807, 2.05) is 0 Å². The molecule has 4 heteroatoms. The van der Waals surface area contributed by atoms with Gasteiger partial charge in [-0.15, -0.1) is 0 Å². The molecule has 0 aliphatic carbocycles. The Kier molecular flexibility index (Phi) is 4.02. The molecular weight excluding hydrogens is 239 g/mol. The first-order valence-corrected chi connectivity index (χ1v) is 6.39. The lowest BCUT2D eigenvalue weighted by Gasteiger charge is -2.29. The Morgan fingerprint density at radius 1 is 1.53 bits per heavy atom. The molecule has 2 atom stereocenters. The van der Waals surface area contributed by atoms with Gasteiger partial charge in [0.2, 0.25) is 0 Å². The predicted molar refractivity (Wildman–Crippen MR) is 68.7 cm³/mol. The van der Waals surface area contributed by atoms with Gasteiger partial charge >= 0.3 is 0 Å². The second kappa shape index (κ2) is 5.34. The Balaban J connectivity index is 2.23. The van der Waals surface area contributed by atoms with E-state index in [2.05, 4.69) is 5.32 Å². The maximum atomic E-state index is 13.6. The van der Waals surface area contributed by atoms with Gasteiger partial charge in [-0.1, -0.05) is 11.6 Å². The third-order valence-electron chi connectivity index (χ3n) is 3.48. The van der Waals surface area contributed by atoms with E-state index in [1.54, 1.807) is 13.0 Å². The quantitative estimate of drug-likeness (QED) is 0.854. The van der Waals surface area contributed by atoms with Gasteiger partial charge in [-0.2, -0.15) is 0 Å². The highest BCUT2D eigenvalue weighted by Crippen LogP contribution is 2.31. The van der Waals surface area contributed by atoms with Gasteiger partial charge in [-0.3, -0.25) is 0 Å². The molecule has 1 heterocycles. The molecule has 94 valence electrons. The maximum Gasteiger partial charge on any atom is 0.126 e. The molecule has 17 heavy (non-hydrogen) atoms. The van der Waals surface area contributed by atoms with E-state index >= 15 is 0 Å². The second-order valence-corrected chi connectivity index (χ2v) is 5.16. The van der Waals surface area contributed by atoms with Crippen LogP contribution in [0.4, 0.5) is 4.39 Å². The molecule has 0 aromatic heterocycles. The summed E-state index contributed by atoms with van der Waals surface area (Å²) in [6, 6.07) is 2.95. The number of nitrogens with one attached hydrogen (secondary N) is 1. The van der Waals surface area contributed by atoms with Gasteiger partial charge in [-0.25, -0.2) is 4.39 Å². The van der Waals surface area contributed by atoms with Crippen molar-refractivity contribution in [1.29, 1.82) is 0 Å². The highest BCUT2D eigenvalue weighted by molar-refractivity contribution is 6.31. The third kappa shape index (κ3) is 2.79. The Morgan fingerprint density at radius 2 is 2.29 bits per heavy atom. The number of nitrogens with two attached hydrogens (primary N) is 1. The molecule has 0 amide bonds. The molecule has 2 rings (SSSR count). The molecule has 2 unspecified atom stereocenters. The van der Waals surface area contributed by atoms with Crippen molar-refractivity contribution in [3.05, 3.63) is 34.1 Å². The summed E-state index contributed by atoms with van der Waals surface area (Å²) in [5, 5.41) is 3.89. The summed E-state index contributed by atoms with van der Waals surface area (Å²) in [7, 11) is 0. The molecule has 0 spiro atoms. The van der Waals surface area contributed by atoms with Gasteiger partial charge in [-0.05, 0) is 62.0 Å². The molecule has 1 fully saturated rings. The first-order valence-electron chi connectivity index (χ1n) is 6.01. The van der Waals surface area contributed by atoms with Crippen molar-refractivity contribution in [1.82, 2.24) is 5.32 Å². The molecule has 2 nitrogen and oxygen atoms in total. The van der Waals surface area contributed by atoms with Crippen LogP contribution in [0.2, 0.25) is 5.02 Å². The fourth-order valence-corrected chi connectivity index (χ4v) is 2.70. The second-order valence-electron chi connectivity index (χ2n) is 4.76. The van der Waals surface area contributed by atoms with Crippen LogP contribution in [0.1, 0.15) is 30.0 Å². The Hall–Kier alpha value is -0.640. The van der Waals surface area contributed by atoms with Crippen LogP contribution in [-0.4, -0.2) is 13.1 Å². The zero-order valence-corrected chi connectivity index (χ0v) is 10.7. The van der Waals surface area contributed by atoms with Crippen LogP contribution in [0.3, 0.4) is 0 Å². The average molecular weight is 257 g/mol. The molecule has 1 aliphatic heterocycles. The fraction of sp³-hybridized carbons (Fsp3) is 0.538. The molecule has 0 saturated carbocycles. The van der Waals surface area contributed by atoms with E-state index in [-0.39, 0.29) is 11.9 Å². The number of piperidine rings is 1. The van der Waals surface area contributed by atoms with Crippen LogP contribution in [0.5, 0.6) is 0 Å². The normalized spacial score (nSPS) is 22.5. The van der Waals surface area contributed by atoms with E-state index in [0.29, 0.717) is 16.5 Å². The fourth-order valence-electron chi connectivity index (χ4n) is 2.36. The zero-order valence-electron chi connectivity index (χ0n) is 9.97. The average Bonchev–Trinajstić information content (AvgIpc) is 2.34. The van der Waals surface area contributed by atoms with Crippen molar-refractivity contribution in [3.63, 3.8) is 0 Å². The maximum absolute atomic E-state index is 13.6. The summed E-state index contributed by atoms with van der Waals surface area (Å²) in [6.45, 7) is 3.63. The van der Waals surface area contributed by atoms with E-state index < -0.39 is 0 Å². The number of halogens is 2. The predicted octanol–water partition coefficient (Wildman–Crippen LogP) is 2.79. The van der Waals surface area contributed by atoms with Gasteiger partial charge in [0.15, 0.2) is 0 Å². The minimum atomic E-state index is -0.233. The third-order valence-corrected chi connectivity index (χ3v) is 3.81. The standard InChI is InChI=1S/C13H18ClFN2/c1-8-5-11(14)10(6-12(8)15)13(16)9-3-2-4-17-7-9/h5-6,9,13,17H,2-4,7,16H2,1H3. The van der Waals surface area contributed by atoms with Gasteiger partial charge in [0, 0.05) is 11.1 Å². The molecule has 0 bridgehead atoms. The van der Waals surface area contributed by atoms with Crippen molar-refractivity contribution in [2.75, 3.05) is 13.1 Å². The summed E-state index contributed by atoms with van der Waals surface area (Å²) in [6.07, 6.45) is 2.18. The van der Waals surface area contributed by atoms with E-state index in [4.69, 9.17) is 17.3 Å². The van der Waals surface area contributed by atoms with Crippen LogP contribution in [-0.2, 0) is 0 Å². The molecule has 1 aliphatic rings. The highest BCUT2D eigenvalue weighted by atomic mass is 35.5. The number of hydrogen-bond donors (Lipinski definition) is 2. The lowest BCUT2D eigenvalue weighted by molar-refractivity contribution is 0.326. The lowest BCUT2D eigenvalue weighted by atomic mass is 9.87. The molecule has 1 aromatic rings. The summed E-state index contributed by atoms with van der Waals surface area (Å²) in [4.78, 5) is 0. The monoisotopic (exact) mass is 256 g/mol. The van der Waals surface area contributed by atoms with Gasteiger partial charge in [0.1, 0.15) is 5.82 Å². The van der Waals surface area contributed by atoms with Gasteiger partial charge in [0.25, 0.3) is 0 Å². The van der Waals surface area contributed by atoms with Crippen LogP contribution in [0, 0.1) is 18.7 Å². The Labute approximate surface area is 106 Å². The Bertz CT molecular complexity index is 403. The minimum absolute atomic E-state index is 0.189. The number of rotatable bonds is 2. The molecule has 1 saturated heterocycles. The minimum Gasteiger partial charge on any atom is -0.324 e. The van der Waals surface area contributed by atoms with E-state index in [9.17, 15) is 4.39 Å². The smallest absolute Gasteiger partial charge is 0.126 e. The van der Waals surface area contributed by atoms with E-state index in [1.165, 1.54) is 6.07 Å². The van der Waals surface area contributed by atoms with E-state index in [0.717, 1.165) is 31.5 Å². The van der Waals surface area contributed by atoms with Crippen LogP contribution < -0.4 is 11.1 Å². The van der Waals surface area contributed by atoms with Crippen LogP contribution in [0.25, 0.3) is 0 Å². The largest absolute Gasteiger partial charge is 0.324 e. The molecule has 1 aromatic carbocycles. The van der Waals surface area contributed by atoms with Crippen molar-refractivity contribution in [2.45, 2.75) is 25.8 Å². The molecule has 3 N–H and O–H groups in total. The van der Waals surface area contributed by atoms with Gasteiger partial charge < -0.3 is 11.1 Å². The zero-order chi connectivity index (χ0) is 12.4. The summed E-state index contributed by atoms with van der Waals surface area (Å²) in [5.41, 5.74) is 7.49. The summed E-state index contributed by atoms with van der Waals surface area (Å²) in [5.74, 6) is 0.104. The number of aryl methyl sites for hydroxylation is 1. The first-order chi connectivity index (χ1) is 8.09. The summed E-state index contributed by atoms with van der Waals surface area (Å²) < 4.78 is 13.6. The number of hydrogen-bond acceptors (Lipinski definition) is 2. The van der Waals surface area contributed by atoms with Gasteiger partial charge in [0.05, 0.1) is 0 Å². The first kappa shape index (κ1) is 12.8.